The van der Waals surface area contributed by atoms with Crippen LogP contribution in [-0.4, -0.2) is 24.0 Å². The Morgan fingerprint density at radius 3 is 2.60 bits per heavy atom. The molecular formula is C18H25N3O3S. The molecule has 0 aliphatic heterocycles. The van der Waals surface area contributed by atoms with E-state index in [-0.39, 0.29) is 11.0 Å². The van der Waals surface area contributed by atoms with Crippen molar-refractivity contribution >= 4 is 29.1 Å². The van der Waals surface area contributed by atoms with Crippen molar-refractivity contribution in [1.82, 2.24) is 16.2 Å². The molecule has 1 aromatic carbocycles. The van der Waals surface area contributed by atoms with Gasteiger partial charge in [0.15, 0.2) is 5.11 Å². The minimum Gasteiger partial charge on any atom is -0.496 e. The maximum Gasteiger partial charge on any atom is 0.273 e. The first-order chi connectivity index (χ1) is 12.1. The normalized spacial score (nSPS) is 14.4. The van der Waals surface area contributed by atoms with E-state index in [1.165, 1.54) is 39.2 Å². The third-order valence-corrected chi connectivity index (χ3v) is 4.60. The number of amides is 2. The van der Waals surface area contributed by atoms with Crippen LogP contribution < -0.4 is 20.9 Å². The molecule has 0 bridgehead atoms. The quantitative estimate of drug-likeness (QED) is 0.554. The van der Waals surface area contributed by atoms with Crippen LogP contribution in [-0.2, 0) is 4.79 Å². The molecule has 1 aliphatic carbocycles. The zero-order valence-electron chi connectivity index (χ0n) is 14.5. The molecule has 0 saturated heterocycles. The molecule has 0 atom stereocenters. The lowest BCUT2D eigenvalue weighted by Crippen LogP contribution is -2.48. The summed E-state index contributed by atoms with van der Waals surface area (Å²) in [5.41, 5.74) is 5.38. The number of ether oxygens (including phenoxy) is 1. The third-order valence-electron chi connectivity index (χ3n) is 4.40. The summed E-state index contributed by atoms with van der Waals surface area (Å²) >= 11 is 5.04. The smallest absolute Gasteiger partial charge is 0.273 e. The number of hydrazine groups is 1. The Morgan fingerprint density at radius 2 is 1.88 bits per heavy atom. The Labute approximate surface area is 153 Å². The van der Waals surface area contributed by atoms with E-state index in [0.29, 0.717) is 23.7 Å². The molecule has 0 heterocycles. The molecule has 25 heavy (non-hydrogen) atoms. The van der Waals surface area contributed by atoms with Crippen molar-refractivity contribution in [2.45, 2.75) is 44.9 Å². The van der Waals surface area contributed by atoms with Gasteiger partial charge in [-0.2, -0.15) is 0 Å². The Morgan fingerprint density at radius 1 is 1.16 bits per heavy atom. The molecule has 136 valence electrons. The molecule has 0 spiro atoms. The average molecular weight is 363 g/mol. The number of benzene rings is 1. The van der Waals surface area contributed by atoms with Gasteiger partial charge in [-0.1, -0.05) is 44.2 Å². The lowest BCUT2D eigenvalue weighted by Gasteiger charge is -2.21. The number of para-hydroxylation sites is 1. The lowest BCUT2D eigenvalue weighted by molar-refractivity contribution is -0.120. The molecule has 0 unspecified atom stereocenters. The van der Waals surface area contributed by atoms with Crippen molar-refractivity contribution in [3.63, 3.8) is 0 Å². The molecule has 0 aromatic heterocycles. The molecule has 2 amide bonds. The predicted molar refractivity (Wildman–Crippen MR) is 100 cm³/mol. The summed E-state index contributed by atoms with van der Waals surface area (Å²) in [6, 6.07) is 6.85. The molecule has 3 N–H and O–H groups in total. The second-order valence-electron chi connectivity index (χ2n) is 6.20. The SMILES string of the molecule is COc1ccccc1C(=O)NNC(=S)NC(=O)CCC1CCCCC1. The van der Waals surface area contributed by atoms with Gasteiger partial charge in [0.25, 0.3) is 5.91 Å². The minimum atomic E-state index is -0.392. The van der Waals surface area contributed by atoms with E-state index in [0.717, 1.165) is 6.42 Å². The third kappa shape index (κ3) is 6.34. The molecule has 1 saturated carbocycles. The highest BCUT2D eigenvalue weighted by molar-refractivity contribution is 7.80. The summed E-state index contributed by atoms with van der Waals surface area (Å²) in [4.78, 5) is 24.1. The van der Waals surface area contributed by atoms with Crippen molar-refractivity contribution in [2.75, 3.05) is 7.11 Å². The van der Waals surface area contributed by atoms with Crippen LogP contribution >= 0.6 is 12.2 Å². The fourth-order valence-corrected chi connectivity index (χ4v) is 3.21. The first kappa shape index (κ1) is 19.2. The minimum absolute atomic E-state index is 0.0805. The summed E-state index contributed by atoms with van der Waals surface area (Å²) in [6.07, 6.45) is 7.61. The van der Waals surface area contributed by atoms with E-state index in [1.54, 1.807) is 24.3 Å². The molecule has 1 fully saturated rings. The standard InChI is InChI=1S/C18H25N3O3S/c1-24-15-10-6-5-9-14(15)17(23)20-21-18(25)19-16(22)12-11-13-7-3-2-4-8-13/h5-6,9-10,13H,2-4,7-8,11-12H2,1H3,(H,20,23)(H2,19,21,22,25). The van der Waals surface area contributed by atoms with Gasteiger partial charge in [0.05, 0.1) is 12.7 Å². The van der Waals surface area contributed by atoms with Crippen molar-refractivity contribution in [1.29, 1.82) is 0 Å². The maximum atomic E-state index is 12.1. The fraction of sp³-hybridized carbons (Fsp3) is 0.500. The summed E-state index contributed by atoms with van der Waals surface area (Å²) in [5, 5.41) is 2.67. The van der Waals surface area contributed by atoms with Crippen LogP contribution in [0.25, 0.3) is 0 Å². The monoisotopic (exact) mass is 363 g/mol. The summed E-state index contributed by atoms with van der Waals surface area (Å²) in [5.74, 6) is 0.585. The second kappa shape index (κ2) is 9.98. The van der Waals surface area contributed by atoms with Crippen LogP contribution in [0.4, 0.5) is 0 Å². The topological polar surface area (TPSA) is 79.5 Å². The zero-order valence-corrected chi connectivity index (χ0v) is 15.3. The van der Waals surface area contributed by atoms with Crippen LogP contribution in [0.2, 0.25) is 0 Å². The summed E-state index contributed by atoms with van der Waals surface area (Å²) < 4.78 is 5.14. The molecule has 7 heteroatoms. The highest BCUT2D eigenvalue weighted by Crippen LogP contribution is 2.27. The van der Waals surface area contributed by atoms with Crippen molar-refractivity contribution in [2.24, 2.45) is 5.92 Å². The summed E-state index contributed by atoms with van der Waals surface area (Å²) in [7, 11) is 1.50. The van der Waals surface area contributed by atoms with E-state index >= 15 is 0 Å². The van der Waals surface area contributed by atoms with Gasteiger partial charge in [-0.15, -0.1) is 0 Å². The van der Waals surface area contributed by atoms with Gasteiger partial charge in [0, 0.05) is 6.42 Å². The van der Waals surface area contributed by atoms with Gasteiger partial charge in [0.2, 0.25) is 5.91 Å². The maximum absolute atomic E-state index is 12.1. The number of hydrogen-bond acceptors (Lipinski definition) is 4. The highest BCUT2D eigenvalue weighted by Gasteiger charge is 2.16. The Balaban J connectivity index is 1.70. The van der Waals surface area contributed by atoms with E-state index in [9.17, 15) is 9.59 Å². The van der Waals surface area contributed by atoms with Crippen LogP contribution in [0.1, 0.15) is 55.3 Å². The molecule has 0 radical (unpaired) electrons. The van der Waals surface area contributed by atoms with Crippen LogP contribution in [0, 0.1) is 5.92 Å². The van der Waals surface area contributed by atoms with Gasteiger partial charge in [-0.3, -0.25) is 20.4 Å². The van der Waals surface area contributed by atoms with Gasteiger partial charge in [-0.05, 0) is 36.7 Å². The lowest BCUT2D eigenvalue weighted by atomic mass is 9.86. The van der Waals surface area contributed by atoms with Crippen LogP contribution in [0.5, 0.6) is 5.75 Å². The fourth-order valence-electron chi connectivity index (χ4n) is 3.04. The van der Waals surface area contributed by atoms with Gasteiger partial charge >= 0.3 is 0 Å². The highest BCUT2D eigenvalue weighted by atomic mass is 32.1. The van der Waals surface area contributed by atoms with Gasteiger partial charge in [0.1, 0.15) is 5.75 Å². The van der Waals surface area contributed by atoms with E-state index in [4.69, 9.17) is 17.0 Å². The van der Waals surface area contributed by atoms with Crippen LogP contribution in [0.15, 0.2) is 24.3 Å². The molecule has 1 aromatic rings. The Kier molecular flexibility index (Phi) is 7.66. The first-order valence-corrected chi connectivity index (χ1v) is 9.04. The zero-order chi connectivity index (χ0) is 18.1. The van der Waals surface area contributed by atoms with Gasteiger partial charge < -0.3 is 10.1 Å². The molecule has 2 rings (SSSR count). The van der Waals surface area contributed by atoms with E-state index < -0.39 is 5.91 Å². The number of thiocarbonyl (C=S) groups is 1. The predicted octanol–water partition coefficient (Wildman–Crippen LogP) is 2.69. The molecule has 6 nitrogen and oxygen atoms in total. The number of methoxy groups -OCH3 is 1. The van der Waals surface area contributed by atoms with Crippen molar-refractivity contribution < 1.29 is 14.3 Å². The number of rotatable bonds is 5. The largest absolute Gasteiger partial charge is 0.496 e. The van der Waals surface area contributed by atoms with Crippen LogP contribution in [0.3, 0.4) is 0 Å². The molecule has 1 aliphatic rings. The first-order valence-electron chi connectivity index (χ1n) is 8.63. The van der Waals surface area contributed by atoms with E-state index in [1.807, 2.05) is 0 Å². The number of hydrogen-bond donors (Lipinski definition) is 3. The van der Waals surface area contributed by atoms with E-state index in [2.05, 4.69) is 16.2 Å². The van der Waals surface area contributed by atoms with Crippen molar-refractivity contribution in [3.05, 3.63) is 29.8 Å². The summed E-state index contributed by atoms with van der Waals surface area (Å²) in [6.45, 7) is 0. The number of carbonyl (C=O) groups excluding carboxylic acids is 2. The second-order valence-corrected chi connectivity index (χ2v) is 6.61. The van der Waals surface area contributed by atoms with Crippen molar-refractivity contribution in [3.8, 4) is 5.75 Å². The number of nitrogens with one attached hydrogen (secondary N) is 3. The van der Waals surface area contributed by atoms with Gasteiger partial charge in [-0.25, -0.2) is 0 Å². The number of carbonyl (C=O) groups is 2. The Hall–Kier alpha value is -2.15. The molecular weight excluding hydrogens is 338 g/mol. The Bertz CT molecular complexity index is 615. The average Bonchev–Trinajstić information content (AvgIpc) is 2.65.